The highest BCUT2D eigenvalue weighted by atomic mass is 127. The van der Waals surface area contributed by atoms with E-state index in [9.17, 15) is 0 Å². The van der Waals surface area contributed by atoms with Crippen LogP contribution >= 0.6 is 24.0 Å². The molecule has 0 spiro atoms. The van der Waals surface area contributed by atoms with E-state index in [1.54, 1.807) is 0 Å². The first kappa shape index (κ1) is 22.4. The molecule has 2 aliphatic heterocycles. The predicted octanol–water partition coefficient (Wildman–Crippen LogP) is 2.18. The van der Waals surface area contributed by atoms with Crippen molar-refractivity contribution in [1.82, 2.24) is 15.1 Å². The van der Waals surface area contributed by atoms with Gasteiger partial charge in [0.15, 0.2) is 5.96 Å². The molecular formula is C20H33IN4O2. The van der Waals surface area contributed by atoms with Crippen LogP contribution in [0.3, 0.4) is 0 Å². The van der Waals surface area contributed by atoms with Crippen molar-refractivity contribution in [1.29, 1.82) is 0 Å². The minimum atomic E-state index is 0. The number of nitrogens with one attached hydrogen (secondary N) is 1. The molecule has 0 aromatic heterocycles. The Balaban J connectivity index is 0.00000261. The van der Waals surface area contributed by atoms with E-state index < -0.39 is 0 Å². The molecule has 1 N–H and O–H groups in total. The van der Waals surface area contributed by atoms with Crippen molar-refractivity contribution in [2.24, 2.45) is 10.9 Å². The highest BCUT2D eigenvalue weighted by molar-refractivity contribution is 14.0. The minimum absolute atomic E-state index is 0. The zero-order valence-electron chi connectivity index (χ0n) is 16.5. The SMILES string of the molecule is CN=C(NCc1cccc(CN2CCOCC2)c1)N(C)CC1CCOC1.I. The molecule has 0 radical (unpaired) electrons. The first-order chi connectivity index (χ1) is 12.7. The quantitative estimate of drug-likeness (QED) is 0.378. The average Bonchev–Trinajstić information content (AvgIpc) is 3.16. The lowest BCUT2D eigenvalue weighted by molar-refractivity contribution is 0.0342. The van der Waals surface area contributed by atoms with Gasteiger partial charge < -0.3 is 19.7 Å². The largest absolute Gasteiger partial charge is 0.381 e. The molecule has 3 rings (SSSR count). The lowest BCUT2D eigenvalue weighted by atomic mass is 10.1. The molecule has 0 saturated carbocycles. The number of morpholine rings is 1. The molecule has 1 aromatic carbocycles. The van der Waals surface area contributed by atoms with Gasteiger partial charge in [-0.15, -0.1) is 24.0 Å². The molecule has 6 nitrogen and oxygen atoms in total. The van der Waals surface area contributed by atoms with Gasteiger partial charge in [-0.25, -0.2) is 0 Å². The first-order valence-corrected chi connectivity index (χ1v) is 9.62. The zero-order chi connectivity index (χ0) is 18.2. The smallest absolute Gasteiger partial charge is 0.193 e. The summed E-state index contributed by atoms with van der Waals surface area (Å²) in [5.74, 6) is 1.55. The second-order valence-electron chi connectivity index (χ2n) is 7.22. The molecule has 0 amide bonds. The van der Waals surface area contributed by atoms with Crippen LogP contribution in [-0.4, -0.2) is 75.9 Å². The fourth-order valence-electron chi connectivity index (χ4n) is 3.62. The molecule has 1 atom stereocenters. The molecule has 0 aliphatic carbocycles. The maximum absolute atomic E-state index is 5.48. The summed E-state index contributed by atoms with van der Waals surface area (Å²) in [6.07, 6.45) is 1.14. The Morgan fingerprint density at radius 2 is 2.00 bits per heavy atom. The standard InChI is InChI=1S/C20H32N4O2.HI/c1-21-20(23(2)14-19-6-9-26-16-19)22-13-17-4-3-5-18(12-17)15-24-7-10-25-11-8-24;/h3-5,12,19H,6-11,13-16H2,1-2H3,(H,21,22);1H. The van der Waals surface area contributed by atoms with Gasteiger partial charge in [0.1, 0.15) is 0 Å². The molecule has 152 valence electrons. The van der Waals surface area contributed by atoms with E-state index in [4.69, 9.17) is 9.47 Å². The van der Waals surface area contributed by atoms with E-state index in [-0.39, 0.29) is 24.0 Å². The molecule has 2 heterocycles. The molecule has 0 bridgehead atoms. The van der Waals surface area contributed by atoms with Crippen LogP contribution in [0.2, 0.25) is 0 Å². The highest BCUT2D eigenvalue weighted by Crippen LogP contribution is 2.14. The number of hydrogen-bond donors (Lipinski definition) is 1. The average molecular weight is 488 g/mol. The third kappa shape index (κ3) is 7.21. The summed E-state index contributed by atoms with van der Waals surface area (Å²) in [5.41, 5.74) is 2.65. The number of nitrogens with zero attached hydrogens (tertiary/aromatic N) is 3. The fraction of sp³-hybridized carbons (Fsp3) is 0.650. The van der Waals surface area contributed by atoms with Crippen molar-refractivity contribution < 1.29 is 9.47 Å². The second kappa shape index (κ2) is 11.8. The van der Waals surface area contributed by atoms with E-state index in [0.29, 0.717) is 5.92 Å². The van der Waals surface area contributed by atoms with E-state index >= 15 is 0 Å². The summed E-state index contributed by atoms with van der Waals surface area (Å²) in [4.78, 5) is 9.09. The van der Waals surface area contributed by atoms with Gasteiger partial charge in [-0.3, -0.25) is 9.89 Å². The topological polar surface area (TPSA) is 49.3 Å². The molecule has 2 saturated heterocycles. The summed E-state index contributed by atoms with van der Waals surface area (Å²) in [5, 5.41) is 3.49. The van der Waals surface area contributed by atoms with Crippen LogP contribution in [0, 0.1) is 5.92 Å². The van der Waals surface area contributed by atoms with E-state index in [2.05, 4.69) is 51.4 Å². The van der Waals surface area contributed by atoms with Crippen LogP contribution in [0.1, 0.15) is 17.5 Å². The van der Waals surface area contributed by atoms with Crippen LogP contribution in [0.15, 0.2) is 29.3 Å². The van der Waals surface area contributed by atoms with Crippen molar-refractivity contribution in [2.75, 3.05) is 60.2 Å². The Hall–Kier alpha value is -0.900. The first-order valence-electron chi connectivity index (χ1n) is 9.62. The summed E-state index contributed by atoms with van der Waals surface area (Å²) in [6.45, 7) is 8.24. The van der Waals surface area contributed by atoms with Gasteiger partial charge in [0.05, 0.1) is 19.8 Å². The van der Waals surface area contributed by atoms with Crippen molar-refractivity contribution in [3.8, 4) is 0 Å². The number of benzene rings is 1. The van der Waals surface area contributed by atoms with Crippen molar-refractivity contribution >= 4 is 29.9 Å². The van der Waals surface area contributed by atoms with Gasteiger partial charge >= 0.3 is 0 Å². The predicted molar refractivity (Wildman–Crippen MR) is 120 cm³/mol. The lowest BCUT2D eigenvalue weighted by Gasteiger charge is -2.27. The minimum Gasteiger partial charge on any atom is -0.381 e. The summed E-state index contributed by atoms with van der Waals surface area (Å²) >= 11 is 0. The van der Waals surface area contributed by atoms with Crippen LogP contribution in [0.25, 0.3) is 0 Å². The van der Waals surface area contributed by atoms with Gasteiger partial charge in [0, 0.05) is 59.3 Å². The Kier molecular flexibility index (Phi) is 9.81. The van der Waals surface area contributed by atoms with Crippen molar-refractivity contribution in [3.63, 3.8) is 0 Å². The Labute approximate surface area is 180 Å². The monoisotopic (exact) mass is 488 g/mol. The number of guanidine groups is 1. The van der Waals surface area contributed by atoms with Crippen LogP contribution in [0.4, 0.5) is 0 Å². The van der Waals surface area contributed by atoms with Gasteiger partial charge in [-0.05, 0) is 17.5 Å². The van der Waals surface area contributed by atoms with Crippen molar-refractivity contribution in [3.05, 3.63) is 35.4 Å². The molecule has 7 heteroatoms. The molecule has 2 fully saturated rings. The molecular weight excluding hydrogens is 455 g/mol. The Morgan fingerprint density at radius 3 is 2.70 bits per heavy atom. The number of ether oxygens (including phenoxy) is 2. The van der Waals surface area contributed by atoms with Crippen LogP contribution in [0.5, 0.6) is 0 Å². The maximum atomic E-state index is 5.48. The number of hydrogen-bond acceptors (Lipinski definition) is 4. The van der Waals surface area contributed by atoms with Gasteiger partial charge in [0.25, 0.3) is 0 Å². The maximum Gasteiger partial charge on any atom is 0.193 e. The molecule has 27 heavy (non-hydrogen) atoms. The van der Waals surface area contributed by atoms with Gasteiger partial charge in [-0.1, -0.05) is 24.3 Å². The third-order valence-corrected chi connectivity index (χ3v) is 5.08. The summed E-state index contributed by atoms with van der Waals surface area (Å²) in [6, 6.07) is 8.82. The molecule has 2 aliphatic rings. The Bertz CT molecular complexity index is 587. The van der Waals surface area contributed by atoms with Gasteiger partial charge in [-0.2, -0.15) is 0 Å². The molecule has 1 unspecified atom stereocenters. The van der Waals surface area contributed by atoms with E-state index in [0.717, 1.165) is 71.5 Å². The fourth-order valence-corrected chi connectivity index (χ4v) is 3.62. The van der Waals surface area contributed by atoms with Crippen molar-refractivity contribution in [2.45, 2.75) is 19.5 Å². The number of halogens is 1. The highest BCUT2D eigenvalue weighted by Gasteiger charge is 2.19. The van der Waals surface area contributed by atoms with E-state index in [1.807, 2.05) is 7.05 Å². The number of rotatable bonds is 6. The van der Waals surface area contributed by atoms with Crippen LogP contribution in [-0.2, 0) is 22.6 Å². The van der Waals surface area contributed by atoms with E-state index in [1.165, 1.54) is 11.1 Å². The normalized spacial score (nSPS) is 21.0. The van der Waals surface area contributed by atoms with Gasteiger partial charge in [0.2, 0.25) is 0 Å². The number of aliphatic imine (C=N–C) groups is 1. The molecule has 1 aromatic rings. The second-order valence-corrected chi connectivity index (χ2v) is 7.22. The van der Waals surface area contributed by atoms with Crippen LogP contribution < -0.4 is 5.32 Å². The Morgan fingerprint density at radius 1 is 1.22 bits per heavy atom. The summed E-state index contributed by atoms with van der Waals surface area (Å²) < 4.78 is 10.9. The zero-order valence-corrected chi connectivity index (χ0v) is 18.9. The lowest BCUT2D eigenvalue weighted by Crippen LogP contribution is -2.41. The summed E-state index contributed by atoms with van der Waals surface area (Å²) in [7, 11) is 3.95. The third-order valence-electron chi connectivity index (χ3n) is 5.08.